The molecule has 0 aliphatic carbocycles. The molecule has 0 aliphatic heterocycles. The minimum absolute atomic E-state index is 0.0486. The van der Waals surface area contributed by atoms with Crippen LogP contribution in [0.2, 0.25) is 0 Å². The maximum atomic E-state index is 11.7. The molecule has 0 radical (unpaired) electrons. The van der Waals surface area contributed by atoms with Crippen LogP contribution in [0.4, 0.5) is 16.2 Å². The lowest BCUT2D eigenvalue weighted by molar-refractivity contribution is -0.384. The molecule has 5 nitrogen and oxygen atoms in total. The number of para-hydroxylation sites is 1. The molecule has 0 saturated heterocycles. The summed E-state index contributed by atoms with van der Waals surface area (Å²) in [4.78, 5) is 21.8. The molecule has 0 aliphatic rings. The Bertz CT molecular complexity index is 600. The van der Waals surface area contributed by atoms with Gasteiger partial charge in [-0.05, 0) is 17.7 Å². The number of hydrogen-bond donors (Lipinski definition) is 1. The van der Waals surface area contributed by atoms with Crippen LogP contribution in [0, 0.1) is 10.1 Å². The summed E-state index contributed by atoms with van der Waals surface area (Å²) < 4.78 is 0. The summed E-state index contributed by atoms with van der Waals surface area (Å²) in [6.45, 7) is 0. The largest absolute Gasteiger partial charge is 0.317 e. The van der Waals surface area contributed by atoms with E-state index in [1.165, 1.54) is 12.1 Å². The standard InChI is InChI=1S/C14H12N2O3S/c17-14(15-12-4-2-1-3-5-12)20-10-11-6-8-13(9-7-11)16(18)19/h1-9H,10H2,(H,15,17). The van der Waals surface area contributed by atoms with Crippen LogP contribution in [0.1, 0.15) is 5.56 Å². The zero-order valence-corrected chi connectivity index (χ0v) is 11.3. The first kappa shape index (κ1) is 14.1. The molecule has 0 aromatic heterocycles. The van der Waals surface area contributed by atoms with Crippen LogP contribution in [0.3, 0.4) is 0 Å². The molecular weight excluding hydrogens is 276 g/mol. The number of rotatable bonds is 4. The molecule has 102 valence electrons. The molecule has 0 bridgehead atoms. The van der Waals surface area contributed by atoms with Gasteiger partial charge < -0.3 is 5.32 Å². The molecule has 0 fully saturated rings. The van der Waals surface area contributed by atoms with E-state index in [9.17, 15) is 14.9 Å². The van der Waals surface area contributed by atoms with E-state index >= 15 is 0 Å². The predicted octanol–water partition coefficient (Wildman–Crippen LogP) is 4.06. The molecular formula is C14H12N2O3S. The van der Waals surface area contributed by atoms with Crippen molar-refractivity contribution >= 4 is 28.4 Å². The normalized spacial score (nSPS) is 10.0. The Kier molecular flexibility index (Phi) is 4.73. The number of nitrogens with one attached hydrogen (secondary N) is 1. The Morgan fingerprint density at radius 3 is 2.35 bits per heavy atom. The van der Waals surface area contributed by atoms with Crippen LogP contribution in [-0.2, 0) is 5.75 Å². The number of carbonyl (C=O) groups excluding carboxylic acids is 1. The van der Waals surface area contributed by atoms with Gasteiger partial charge in [-0.1, -0.05) is 42.1 Å². The predicted molar refractivity (Wildman–Crippen MR) is 79.9 cm³/mol. The van der Waals surface area contributed by atoms with Gasteiger partial charge in [-0.15, -0.1) is 0 Å². The highest BCUT2D eigenvalue weighted by Gasteiger charge is 2.06. The van der Waals surface area contributed by atoms with Crippen molar-refractivity contribution in [3.63, 3.8) is 0 Å². The number of hydrogen-bond acceptors (Lipinski definition) is 4. The van der Waals surface area contributed by atoms with E-state index in [4.69, 9.17) is 0 Å². The Hall–Kier alpha value is -2.34. The highest BCUT2D eigenvalue weighted by atomic mass is 32.2. The number of anilines is 1. The number of nitro groups is 1. The van der Waals surface area contributed by atoms with Crippen LogP contribution in [0.15, 0.2) is 54.6 Å². The van der Waals surface area contributed by atoms with Crippen LogP contribution in [0.25, 0.3) is 0 Å². The molecule has 1 amide bonds. The Labute approximate surface area is 120 Å². The fourth-order valence-electron chi connectivity index (χ4n) is 1.54. The van der Waals surface area contributed by atoms with E-state index in [-0.39, 0.29) is 10.9 Å². The van der Waals surface area contributed by atoms with Gasteiger partial charge in [-0.25, -0.2) is 0 Å². The molecule has 0 unspecified atom stereocenters. The summed E-state index contributed by atoms with van der Waals surface area (Å²) in [5, 5.41) is 13.1. The molecule has 0 heterocycles. The lowest BCUT2D eigenvalue weighted by Crippen LogP contribution is -2.04. The monoisotopic (exact) mass is 288 g/mol. The van der Waals surface area contributed by atoms with Gasteiger partial charge >= 0.3 is 0 Å². The number of amides is 1. The van der Waals surface area contributed by atoms with E-state index in [1.54, 1.807) is 12.1 Å². The lowest BCUT2D eigenvalue weighted by Gasteiger charge is -2.04. The van der Waals surface area contributed by atoms with Gasteiger partial charge in [-0.2, -0.15) is 0 Å². The zero-order valence-electron chi connectivity index (χ0n) is 10.5. The highest BCUT2D eigenvalue weighted by molar-refractivity contribution is 8.13. The second-order valence-corrected chi connectivity index (χ2v) is 4.94. The molecule has 0 saturated carbocycles. The third kappa shape index (κ3) is 4.10. The maximum Gasteiger partial charge on any atom is 0.283 e. The summed E-state index contributed by atoms with van der Waals surface area (Å²) >= 11 is 1.12. The third-order valence-corrected chi connectivity index (χ3v) is 3.38. The average molecular weight is 288 g/mol. The zero-order chi connectivity index (χ0) is 14.4. The molecule has 6 heteroatoms. The first-order valence-corrected chi connectivity index (χ1v) is 6.86. The Balaban J connectivity index is 1.85. The maximum absolute atomic E-state index is 11.7. The van der Waals surface area contributed by atoms with Crippen LogP contribution in [0.5, 0.6) is 0 Å². The molecule has 0 atom stereocenters. The quantitative estimate of drug-likeness (QED) is 0.680. The van der Waals surface area contributed by atoms with Crippen molar-refractivity contribution in [3.05, 3.63) is 70.3 Å². The smallest absolute Gasteiger partial charge is 0.283 e. The third-order valence-electron chi connectivity index (χ3n) is 2.54. The van der Waals surface area contributed by atoms with Gasteiger partial charge in [0.2, 0.25) is 0 Å². The first-order chi connectivity index (χ1) is 9.65. The van der Waals surface area contributed by atoms with Gasteiger partial charge in [0.15, 0.2) is 0 Å². The second kappa shape index (κ2) is 6.72. The van der Waals surface area contributed by atoms with Gasteiger partial charge in [0, 0.05) is 23.6 Å². The van der Waals surface area contributed by atoms with Crippen molar-refractivity contribution in [2.45, 2.75) is 5.75 Å². The minimum atomic E-state index is -0.445. The lowest BCUT2D eigenvalue weighted by atomic mass is 10.2. The van der Waals surface area contributed by atoms with Crippen LogP contribution >= 0.6 is 11.8 Å². The van der Waals surface area contributed by atoms with Gasteiger partial charge in [0.05, 0.1) is 4.92 Å². The summed E-state index contributed by atoms with van der Waals surface area (Å²) in [6.07, 6.45) is 0. The Morgan fingerprint density at radius 2 is 1.75 bits per heavy atom. The summed E-state index contributed by atoms with van der Waals surface area (Å²) in [5.74, 6) is 0.469. The summed E-state index contributed by atoms with van der Waals surface area (Å²) in [6, 6.07) is 15.4. The minimum Gasteiger partial charge on any atom is -0.317 e. The first-order valence-electron chi connectivity index (χ1n) is 5.87. The van der Waals surface area contributed by atoms with Crippen molar-refractivity contribution < 1.29 is 9.72 Å². The van der Waals surface area contributed by atoms with Crippen molar-refractivity contribution in [1.82, 2.24) is 0 Å². The van der Waals surface area contributed by atoms with Gasteiger partial charge in [0.25, 0.3) is 10.9 Å². The average Bonchev–Trinajstić information content (AvgIpc) is 2.46. The van der Waals surface area contributed by atoms with E-state index in [2.05, 4.69) is 5.32 Å². The fourth-order valence-corrected chi connectivity index (χ4v) is 2.22. The number of thioether (sulfide) groups is 1. The van der Waals surface area contributed by atoms with E-state index in [0.29, 0.717) is 5.75 Å². The SMILES string of the molecule is O=C(Nc1ccccc1)SCc1ccc([N+](=O)[O-])cc1. The number of benzene rings is 2. The number of nitro benzene ring substituents is 1. The van der Waals surface area contributed by atoms with Crippen molar-refractivity contribution in [2.24, 2.45) is 0 Å². The highest BCUT2D eigenvalue weighted by Crippen LogP contribution is 2.18. The van der Waals surface area contributed by atoms with Crippen LogP contribution < -0.4 is 5.32 Å². The number of nitrogens with zero attached hydrogens (tertiary/aromatic N) is 1. The molecule has 2 rings (SSSR count). The molecule has 0 spiro atoms. The number of carbonyl (C=O) groups is 1. The van der Waals surface area contributed by atoms with Crippen molar-refractivity contribution in [1.29, 1.82) is 0 Å². The number of non-ortho nitro benzene ring substituents is 1. The van der Waals surface area contributed by atoms with E-state index in [0.717, 1.165) is 23.0 Å². The molecule has 2 aromatic rings. The van der Waals surface area contributed by atoms with Crippen molar-refractivity contribution in [3.8, 4) is 0 Å². The van der Waals surface area contributed by atoms with Crippen LogP contribution in [-0.4, -0.2) is 10.2 Å². The molecule has 1 N–H and O–H groups in total. The molecule has 2 aromatic carbocycles. The van der Waals surface area contributed by atoms with Gasteiger partial charge in [0.1, 0.15) is 0 Å². The van der Waals surface area contributed by atoms with E-state index in [1.807, 2.05) is 30.3 Å². The fraction of sp³-hybridized carbons (Fsp3) is 0.0714. The second-order valence-electron chi connectivity index (χ2n) is 3.99. The summed E-state index contributed by atoms with van der Waals surface area (Å²) in [5.41, 5.74) is 1.66. The van der Waals surface area contributed by atoms with Gasteiger partial charge in [-0.3, -0.25) is 14.9 Å². The topological polar surface area (TPSA) is 72.2 Å². The summed E-state index contributed by atoms with van der Waals surface area (Å²) in [7, 11) is 0. The van der Waals surface area contributed by atoms with E-state index < -0.39 is 4.92 Å². The van der Waals surface area contributed by atoms with Crippen molar-refractivity contribution in [2.75, 3.05) is 5.32 Å². The Morgan fingerprint density at radius 1 is 1.10 bits per heavy atom. The molecule has 20 heavy (non-hydrogen) atoms.